The Bertz CT molecular complexity index is 491. The fourth-order valence-electron chi connectivity index (χ4n) is 2.61. The van der Waals surface area contributed by atoms with Crippen molar-refractivity contribution >= 4 is 11.5 Å². The fraction of sp³-hybridized carbons (Fsp3) is 0.500. The molecule has 0 radical (unpaired) electrons. The van der Waals surface area contributed by atoms with Crippen molar-refractivity contribution in [3.63, 3.8) is 0 Å². The number of nitrogens with zero attached hydrogens (tertiary/aromatic N) is 2. The summed E-state index contributed by atoms with van der Waals surface area (Å²) in [7, 11) is 0. The monoisotopic (exact) mass is 281 g/mol. The highest BCUT2D eigenvalue weighted by molar-refractivity contribution is 6.02. The molecule has 1 heterocycles. The van der Waals surface area contributed by atoms with Crippen molar-refractivity contribution in [2.45, 2.75) is 25.9 Å². The first-order valence-corrected chi connectivity index (χ1v) is 6.80. The van der Waals surface area contributed by atoms with Gasteiger partial charge in [0.15, 0.2) is 5.84 Å². The van der Waals surface area contributed by atoms with E-state index in [0.29, 0.717) is 18.8 Å². The quantitative estimate of drug-likeness (QED) is 0.383. The lowest BCUT2D eigenvalue weighted by Crippen LogP contribution is -2.40. The molecule has 0 saturated carbocycles. The van der Waals surface area contributed by atoms with Gasteiger partial charge in [0.2, 0.25) is 0 Å². The number of nitrogens with two attached hydrogens (primary N) is 1. The van der Waals surface area contributed by atoms with E-state index < -0.39 is 5.82 Å². The molecule has 1 saturated heterocycles. The molecule has 2 rings (SSSR count). The average Bonchev–Trinajstić information content (AvgIpc) is 2.47. The van der Waals surface area contributed by atoms with Gasteiger partial charge in [-0.15, -0.1) is 0 Å². The van der Waals surface area contributed by atoms with Crippen LogP contribution in [0.3, 0.4) is 0 Å². The zero-order valence-corrected chi connectivity index (χ0v) is 11.6. The first-order valence-electron chi connectivity index (χ1n) is 6.80. The second-order valence-corrected chi connectivity index (χ2v) is 4.78. The number of hydrogen-bond acceptors (Lipinski definition) is 4. The molecule has 1 aliphatic heterocycles. The highest BCUT2D eigenvalue weighted by Gasteiger charge is 2.24. The molecule has 1 aromatic carbocycles. The topological polar surface area (TPSA) is 71.1 Å². The molecular formula is C14H20FN3O2. The van der Waals surface area contributed by atoms with Gasteiger partial charge in [-0.25, -0.2) is 4.39 Å². The van der Waals surface area contributed by atoms with E-state index in [-0.39, 0.29) is 17.5 Å². The smallest absolute Gasteiger partial charge is 0.175 e. The van der Waals surface area contributed by atoms with Crippen LogP contribution in [0.1, 0.15) is 25.3 Å². The lowest BCUT2D eigenvalue weighted by molar-refractivity contribution is 0.0526. The molecule has 6 heteroatoms. The molecule has 3 N–H and O–H groups in total. The van der Waals surface area contributed by atoms with Crippen molar-refractivity contribution in [2.24, 2.45) is 10.9 Å². The minimum atomic E-state index is -0.490. The maximum atomic E-state index is 14.0. The number of piperidine rings is 1. The van der Waals surface area contributed by atoms with Crippen molar-refractivity contribution in [3.8, 4) is 0 Å². The van der Waals surface area contributed by atoms with Gasteiger partial charge in [-0.2, -0.15) is 0 Å². The minimum Gasteiger partial charge on any atom is -0.409 e. The van der Waals surface area contributed by atoms with Gasteiger partial charge in [0.1, 0.15) is 5.82 Å². The zero-order chi connectivity index (χ0) is 14.5. The SMILES string of the molecule is CCOC1CCCN(c2cccc(F)c2C(N)=NO)C1. The van der Waals surface area contributed by atoms with Crippen LogP contribution in [0.2, 0.25) is 0 Å². The molecule has 0 bridgehead atoms. The first-order chi connectivity index (χ1) is 9.67. The highest BCUT2D eigenvalue weighted by Crippen LogP contribution is 2.27. The number of hydrogen-bond donors (Lipinski definition) is 2. The van der Waals surface area contributed by atoms with E-state index >= 15 is 0 Å². The third-order valence-electron chi connectivity index (χ3n) is 3.48. The van der Waals surface area contributed by atoms with Crippen LogP contribution in [0.5, 0.6) is 0 Å². The van der Waals surface area contributed by atoms with E-state index in [0.717, 1.165) is 19.4 Å². The van der Waals surface area contributed by atoms with Gasteiger partial charge >= 0.3 is 0 Å². The standard InChI is InChI=1S/C14H20FN3O2/c1-2-20-10-5-4-8-18(9-10)12-7-3-6-11(15)13(12)14(16)17-19/h3,6-7,10,19H,2,4-5,8-9H2,1H3,(H2,16,17). The molecular weight excluding hydrogens is 261 g/mol. The van der Waals surface area contributed by atoms with E-state index in [1.807, 2.05) is 11.8 Å². The van der Waals surface area contributed by atoms with Gasteiger partial charge in [-0.05, 0) is 31.9 Å². The Morgan fingerprint density at radius 3 is 3.10 bits per heavy atom. The van der Waals surface area contributed by atoms with Crippen LogP contribution in [0.4, 0.5) is 10.1 Å². The summed E-state index contributed by atoms with van der Waals surface area (Å²) in [6.07, 6.45) is 2.10. The summed E-state index contributed by atoms with van der Waals surface area (Å²) in [6, 6.07) is 4.72. The van der Waals surface area contributed by atoms with E-state index in [9.17, 15) is 4.39 Å². The van der Waals surface area contributed by atoms with E-state index in [1.54, 1.807) is 12.1 Å². The summed E-state index contributed by atoms with van der Waals surface area (Å²) in [5, 5.41) is 11.8. The summed E-state index contributed by atoms with van der Waals surface area (Å²) in [5.41, 5.74) is 6.39. The molecule has 5 nitrogen and oxygen atoms in total. The second kappa shape index (κ2) is 6.56. The average molecular weight is 281 g/mol. The van der Waals surface area contributed by atoms with Crippen molar-refractivity contribution in [1.29, 1.82) is 0 Å². The Morgan fingerprint density at radius 2 is 2.40 bits per heavy atom. The Labute approximate surface area is 117 Å². The van der Waals surface area contributed by atoms with Crippen LogP contribution in [-0.4, -0.2) is 36.8 Å². The molecule has 1 fully saturated rings. The predicted octanol–water partition coefficient (Wildman–Crippen LogP) is 1.93. The van der Waals surface area contributed by atoms with Gasteiger partial charge in [0.25, 0.3) is 0 Å². The largest absolute Gasteiger partial charge is 0.409 e. The molecule has 1 aliphatic rings. The normalized spacial score (nSPS) is 20.2. The predicted molar refractivity (Wildman–Crippen MR) is 75.8 cm³/mol. The third kappa shape index (κ3) is 3.01. The molecule has 110 valence electrons. The Balaban J connectivity index is 2.30. The Hall–Kier alpha value is -1.82. The Kier molecular flexibility index (Phi) is 4.79. The molecule has 0 aromatic heterocycles. The molecule has 20 heavy (non-hydrogen) atoms. The fourth-order valence-corrected chi connectivity index (χ4v) is 2.61. The minimum absolute atomic E-state index is 0.136. The van der Waals surface area contributed by atoms with Crippen molar-refractivity contribution in [1.82, 2.24) is 0 Å². The number of ether oxygens (including phenoxy) is 1. The summed E-state index contributed by atoms with van der Waals surface area (Å²) in [6.45, 7) is 4.11. The lowest BCUT2D eigenvalue weighted by atomic mass is 10.0. The van der Waals surface area contributed by atoms with Gasteiger partial charge in [-0.3, -0.25) is 0 Å². The van der Waals surface area contributed by atoms with Gasteiger partial charge in [-0.1, -0.05) is 11.2 Å². The summed E-state index contributed by atoms with van der Waals surface area (Å²) in [4.78, 5) is 2.03. The third-order valence-corrected chi connectivity index (χ3v) is 3.48. The molecule has 1 atom stereocenters. The zero-order valence-electron chi connectivity index (χ0n) is 11.6. The van der Waals surface area contributed by atoms with Crippen molar-refractivity contribution in [2.75, 3.05) is 24.6 Å². The van der Waals surface area contributed by atoms with Crippen molar-refractivity contribution < 1.29 is 14.3 Å². The van der Waals surface area contributed by atoms with Gasteiger partial charge in [0.05, 0.1) is 17.4 Å². The van der Waals surface area contributed by atoms with E-state index in [4.69, 9.17) is 15.7 Å². The highest BCUT2D eigenvalue weighted by atomic mass is 19.1. The lowest BCUT2D eigenvalue weighted by Gasteiger charge is -2.35. The second-order valence-electron chi connectivity index (χ2n) is 4.78. The summed E-state index contributed by atoms with van der Waals surface area (Å²) >= 11 is 0. The van der Waals surface area contributed by atoms with Crippen LogP contribution in [0, 0.1) is 5.82 Å². The van der Waals surface area contributed by atoms with E-state index in [1.165, 1.54) is 6.07 Å². The molecule has 0 amide bonds. The maximum absolute atomic E-state index is 14.0. The number of rotatable bonds is 4. The Morgan fingerprint density at radius 1 is 1.60 bits per heavy atom. The summed E-state index contributed by atoms with van der Waals surface area (Å²) in [5.74, 6) is -0.701. The van der Waals surface area contributed by atoms with Crippen LogP contribution in [0.25, 0.3) is 0 Å². The van der Waals surface area contributed by atoms with Crippen LogP contribution in [0.15, 0.2) is 23.4 Å². The molecule has 0 spiro atoms. The first kappa shape index (κ1) is 14.6. The number of anilines is 1. The van der Waals surface area contributed by atoms with E-state index in [2.05, 4.69) is 5.16 Å². The number of amidine groups is 1. The number of halogens is 1. The van der Waals surface area contributed by atoms with Gasteiger partial charge in [0, 0.05) is 19.7 Å². The van der Waals surface area contributed by atoms with Gasteiger partial charge < -0.3 is 20.6 Å². The number of oxime groups is 1. The summed E-state index contributed by atoms with van der Waals surface area (Å²) < 4.78 is 19.6. The van der Waals surface area contributed by atoms with Crippen LogP contribution in [-0.2, 0) is 4.74 Å². The molecule has 0 aliphatic carbocycles. The van der Waals surface area contributed by atoms with Crippen LogP contribution < -0.4 is 10.6 Å². The molecule has 1 unspecified atom stereocenters. The molecule has 1 aromatic rings. The van der Waals surface area contributed by atoms with Crippen LogP contribution >= 0.6 is 0 Å². The van der Waals surface area contributed by atoms with Crippen molar-refractivity contribution in [3.05, 3.63) is 29.6 Å². The number of benzene rings is 1. The maximum Gasteiger partial charge on any atom is 0.175 e.